The van der Waals surface area contributed by atoms with Crippen LogP contribution in [-0.2, 0) is 4.79 Å². The van der Waals surface area contributed by atoms with E-state index in [2.05, 4.69) is 5.32 Å². The van der Waals surface area contributed by atoms with E-state index in [1.54, 1.807) is 6.92 Å². The molecule has 0 aromatic carbocycles. The van der Waals surface area contributed by atoms with Crippen LogP contribution in [0, 0.1) is 11.8 Å². The van der Waals surface area contributed by atoms with Crippen LogP contribution in [0.2, 0.25) is 0 Å². The molecule has 1 unspecified atom stereocenters. The first kappa shape index (κ1) is 11.5. The number of carbonyl (C=O) groups is 1. The van der Waals surface area contributed by atoms with Crippen molar-refractivity contribution in [2.24, 2.45) is 11.8 Å². The van der Waals surface area contributed by atoms with E-state index in [9.17, 15) is 4.79 Å². The van der Waals surface area contributed by atoms with Gasteiger partial charge >= 0.3 is 5.97 Å². The number of nitrogens with one attached hydrogen (secondary N) is 1. The van der Waals surface area contributed by atoms with Crippen LogP contribution in [0.15, 0.2) is 0 Å². The van der Waals surface area contributed by atoms with Crippen molar-refractivity contribution in [3.8, 4) is 0 Å². The van der Waals surface area contributed by atoms with Gasteiger partial charge in [0.15, 0.2) is 0 Å². The topological polar surface area (TPSA) is 49.3 Å². The van der Waals surface area contributed by atoms with Gasteiger partial charge in [-0.15, -0.1) is 0 Å². The van der Waals surface area contributed by atoms with E-state index in [1.807, 2.05) is 0 Å². The smallest absolute Gasteiger partial charge is 0.306 e. The third-order valence-corrected chi connectivity index (χ3v) is 3.08. The van der Waals surface area contributed by atoms with Crippen LogP contribution in [0.4, 0.5) is 0 Å². The highest BCUT2D eigenvalue weighted by Crippen LogP contribution is 2.23. The molecular weight excluding hydrogens is 178 g/mol. The molecule has 0 spiro atoms. The van der Waals surface area contributed by atoms with Crippen LogP contribution in [0.3, 0.4) is 0 Å². The zero-order valence-corrected chi connectivity index (χ0v) is 8.96. The van der Waals surface area contributed by atoms with Crippen molar-refractivity contribution in [3.05, 3.63) is 0 Å². The van der Waals surface area contributed by atoms with Gasteiger partial charge in [0, 0.05) is 0 Å². The molecule has 0 aromatic rings. The molecule has 1 fully saturated rings. The minimum atomic E-state index is -0.687. The van der Waals surface area contributed by atoms with Crippen LogP contribution in [-0.4, -0.2) is 24.2 Å². The van der Waals surface area contributed by atoms with Gasteiger partial charge in [-0.1, -0.05) is 19.8 Å². The largest absolute Gasteiger partial charge is 0.481 e. The predicted molar refractivity (Wildman–Crippen MR) is 56.2 cm³/mol. The van der Waals surface area contributed by atoms with Crippen LogP contribution in [0.5, 0.6) is 0 Å². The van der Waals surface area contributed by atoms with Gasteiger partial charge in [-0.3, -0.25) is 4.79 Å². The minimum Gasteiger partial charge on any atom is -0.481 e. The molecule has 3 nitrogen and oxygen atoms in total. The summed E-state index contributed by atoms with van der Waals surface area (Å²) in [5.74, 6) is -0.0612. The number of hydrogen-bond acceptors (Lipinski definition) is 2. The fourth-order valence-electron chi connectivity index (χ4n) is 1.96. The molecule has 3 heteroatoms. The molecule has 1 saturated carbocycles. The second-order valence-electron chi connectivity index (χ2n) is 4.38. The predicted octanol–water partition coefficient (Wildman–Crippen LogP) is 1.88. The molecule has 82 valence electrons. The van der Waals surface area contributed by atoms with Crippen molar-refractivity contribution in [2.45, 2.75) is 39.0 Å². The van der Waals surface area contributed by atoms with E-state index in [0.717, 1.165) is 25.4 Å². The van der Waals surface area contributed by atoms with Crippen LogP contribution < -0.4 is 5.32 Å². The number of rotatable bonds is 6. The van der Waals surface area contributed by atoms with Gasteiger partial charge in [0.1, 0.15) is 0 Å². The molecular formula is C11H21NO2. The van der Waals surface area contributed by atoms with E-state index in [0.29, 0.717) is 0 Å². The quantitative estimate of drug-likeness (QED) is 0.642. The Hall–Kier alpha value is -0.570. The molecule has 0 aliphatic heterocycles. The lowest BCUT2D eigenvalue weighted by Crippen LogP contribution is -2.25. The summed E-state index contributed by atoms with van der Waals surface area (Å²) in [5.41, 5.74) is 0. The maximum Gasteiger partial charge on any atom is 0.306 e. The van der Waals surface area contributed by atoms with E-state index >= 15 is 0 Å². The highest BCUT2D eigenvalue weighted by Gasteiger charge is 2.14. The summed E-state index contributed by atoms with van der Waals surface area (Å²) < 4.78 is 0. The average Bonchev–Trinajstić information content (AvgIpc) is 2.64. The van der Waals surface area contributed by atoms with E-state index in [1.165, 1.54) is 25.7 Å². The molecule has 1 rings (SSSR count). The highest BCUT2D eigenvalue weighted by atomic mass is 16.4. The molecule has 0 amide bonds. The highest BCUT2D eigenvalue weighted by molar-refractivity contribution is 5.69. The van der Waals surface area contributed by atoms with Crippen molar-refractivity contribution >= 4 is 5.97 Å². The van der Waals surface area contributed by atoms with Crippen molar-refractivity contribution in [3.63, 3.8) is 0 Å². The Morgan fingerprint density at radius 3 is 2.71 bits per heavy atom. The molecule has 1 aliphatic carbocycles. The number of hydrogen-bond donors (Lipinski definition) is 2. The van der Waals surface area contributed by atoms with Gasteiger partial charge in [0.25, 0.3) is 0 Å². The van der Waals surface area contributed by atoms with Crippen molar-refractivity contribution < 1.29 is 9.90 Å². The summed E-state index contributed by atoms with van der Waals surface area (Å²) >= 11 is 0. The zero-order valence-electron chi connectivity index (χ0n) is 8.96. The van der Waals surface area contributed by atoms with Gasteiger partial charge in [-0.2, -0.15) is 0 Å². The van der Waals surface area contributed by atoms with Gasteiger partial charge < -0.3 is 10.4 Å². The molecule has 0 heterocycles. The molecule has 14 heavy (non-hydrogen) atoms. The van der Waals surface area contributed by atoms with Crippen LogP contribution in [0.1, 0.15) is 39.0 Å². The van der Waals surface area contributed by atoms with Gasteiger partial charge in [-0.25, -0.2) is 0 Å². The van der Waals surface area contributed by atoms with Gasteiger partial charge in [-0.05, 0) is 38.3 Å². The lowest BCUT2D eigenvalue weighted by atomic mass is 10.1. The second kappa shape index (κ2) is 6.02. The van der Waals surface area contributed by atoms with Gasteiger partial charge in [0.2, 0.25) is 0 Å². The third kappa shape index (κ3) is 4.09. The SMILES string of the molecule is CC(CCNCC1CCCC1)C(=O)O. The first-order valence-corrected chi connectivity index (χ1v) is 5.63. The summed E-state index contributed by atoms with van der Waals surface area (Å²) in [6.07, 6.45) is 6.18. The standard InChI is InChI=1S/C11H21NO2/c1-9(11(13)14)6-7-12-8-10-4-2-3-5-10/h9-10,12H,2-8H2,1H3,(H,13,14). The molecule has 1 aliphatic rings. The second-order valence-corrected chi connectivity index (χ2v) is 4.38. The lowest BCUT2D eigenvalue weighted by Gasteiger charge is -2.11. The van der Waals surface area contributed by atoms with Crippen molar-refractivity contribution in [1.82, 2.24) is 5.32 Å². The lowest BCUT2D eigenvalue weighted by molar-refractivity contribution is -0.141. The fraction of sp³-hybridized carbons (Fsp3) is 0.909. The molecule has 2 N–H and O–H groups in total. The zero-order chi connectivity index (χ0) is 10.4. The monoisotopic (exact) mass is 199 g/mol. The van der Waals surface area contributed by atoms with Crippen LogP contribution in [0.25, 0.3) is 0 Å². The molecule has 1 atom stereocenters. The maximum absolute atomic E-state index is 10.5. The number of carboxylic acid groups (broad SMARTS) is 1. The summed E-state index contributed by atoms with van der Waals surface area (Å²) in [6.45, 7) is 3.68. The summed E-state index contributed by atoms with van der Waals surface area (Å²) in [4.78, 5) is 10.5. The Morgan fingerprint density at radius 1 is 1.50 bits per heavy atom. The Labute approximate surface area is 85.9 Å². The normalized spacial score (nSPS) is 19.8. The third-order valence-electron chi connectivity index (χ3n) is 3.08. The Balaban J connectivity index is 1.95. The Kier molecular flexibility index (Phi) is 4.94. The average molecular weight is 199 g/mol. The number of aliphatic carboxylic acids is 1. The van der Waals surface area contributed by atoms with E-state index in [4.69, 9.17) is 5.11 Å². The summed E-state index contributed by atoms with van der Waals surface area (Å²) in [5, 5.41) is 12.0. The summed E-state index contributed by atoms with van der Waals surface area (Å²) in [7, 11) is 0. The maximum atomic E-state index is 10.5. The first-order chi connectivity index (χ1) is 6.70. The molecule has 0 radical (unpaired) electrons. The molecule has 0 saturated heterocycles. The first-order valence-electron chi connectivity index (χ1n) is 5.63. The van der Waals surface area contributed by atoms with E-state index < -0.39 is 5.97 Å². The number of carboxylic acids is 1. The molecule has 0 bridgehead atoms. The van der Waals surface area contributed by atoms with E-state index in [-0.39, 0.29) is 5.92 Å². The molecule has 0 aromatic heterocycles. The Bertz CT molecular complexity index is 176. The van der Waals surface area contributed by atoms with Gasteiger partial charge in [0.05, 0.1) is 5.92 Å². The minimum absolute atomic E-state index is 0.217. The Morgan fingerprint density at radius 2 is 2.14 bits per heavy atom. The van der Waals surface area contributed by atoms with Crippen molar-refractivity contribution in [1.29, 1.82) is 0 Å². The van der Waals surface area contributed by atoms with Crippen LogP contribution >= 0.6 is 0 Å². The summed E-state index contributed by atoms with van der Waals surface area (Å²) in [6, 6.07) is 0. The fourth-order valence-corrected chi connectivity index (χ4v) is 1.96. The van der Waals surface area contributed by atoms with Crippen molar-refractivity contribution in [2.75, 3.05) is 13.1 Å².